The van der Waals surface area contributed by atoms with Crippen LogP contribution in [0.2, 0.25) is 10.0 Å². The van der Waals surface area contributed by atoms with Gasteiger partial charge in [-0.2, -0.15) is 0 Å². The maximum Gasteiger partial charge on any atom is 0.264 e. The Morgan fingerprint density at radius 2 is 1.70 bits per heavy atom. The fraction of sp³-hybridized carbons (Fsp3) is 0.375. The molecule has 8 nitrogen and oxygen atoms in total. The van der Waals surface area contributed by atoms with Gasteiger partial charge >= 0.3 is 0 Å². The zero-order valence-corrected chi connectivity index (χ0v) is 28.1. The Morgan fingerprint density at radius 1 is 1.02 bits per heavy atom. The molecule has 0 aliphatic heterocycles. The van der Waals surface area contributed by atoms with Crippen LogP contribution in [-0.2, 0) is 26.2 Å². The van der Waals surface area contributed by atoms with Crippen LogP contribution in [-0.4, -0.2) is 56.6 Å². The number of benzene rings is 3. The lowest BCUT2D eigenvalue weighted by Crippen LogP contribution is -2.52. The minimum atomic E-state index is -4.24. The number of ether oxygens (including phenoxy) is 1. The van der Waals surface area contributed by atoms with Crippen LogP contribution in [0.4, 0.5) is 5.69 Å². The van der Waals surface area contributed by atoms with E-state index in [1.165, 1.54) is 28.8 Å². The first-order chi connectivity index (χ1) is 21.0. The SMILES string of the molecule is CCOc1ccccc1N(CC(=O)N(Cc1ccc(Cl)c(Cl)c1)[C@H](C)C(=O)NC1CCCC1)S(=O)(=O)c1ccc(SC)cc1. The molecular formula is C32H37Cl2N3O5S2. The maximum atomic E-state index is 14.3. The smallest absolute Gasteiger partial charge is 0.264 e. The summed E-state index contributed by atoms with van der Waals surface area (Å²) in [7, 11) is -4.24. The molecule has 44 heavy (non-hydrogen) atoms. The molecule has 0 unspecified atom stereocenters. The summed E-state index contributed by atoms with van der Waals surface area (Å²) >= 11 is 13.9. The van der Waals surface area contributed by atoms with Crippen LogP contribution in [0.5, 0.6) is 5.75 Å². The normalized spacial score (nSPS) is 14.2. The van der Waals surface area contributed by atoms with E-state index >= 15 is 0 Å². The minimum Gasteiger partial charge on any atom is -0.492 e. The van der Waals surface area contributed by atoms with E-state index in [9.17, 15) is 18.0 Å². The van der Waals surface area contributed by atoms with Gasteiger partial charge in [0, 0.05) is 17.5 Å². The van der Waals surface area contributed by atoms with Crippen molar-refractivity contribution in [3.05, 3.63) is 82.3 Å². The largest absolute Gasteiger partial charge is 0.492 e. The van der Waals surface area contributed by atoms with Crippen molar-refractivity contribution in [3.8, 4) is 5.75 Å². The predicted molar refractivity (Wildman–Crippen MR) is 177 cm³/mol. The van der Waals surface area contributed by atoms with Crippen molar-refractivity contribution in [2.24, 2.45) is 0 Å². The number of carbonyl (C=O) groups excluding carboxylic acids is 2. The average Bonchev–Trinajstić information content (AvgIpc) is 3.53. The molecule has 0 radical (unpaired) electrons. The summed E-state index contributed by atoms with van der Waals surface area (Å²) in [5.41, 5.74) is 0.860. The minimum absolute atomic E-state index is 0.0123. The van der Waals surface area contributed by atoms with Crippen molar-refractivity contribution >= 4 is 62.5 Å². The van der Waals surface area contributed by atoms with Gasteiger partial charge < -0.3 is 15.0 Å². The van der Waals surface area contributed by atoms with Crippen LogP contribution in [0, 0.1) is 0 Å². The summed E-state index contributed by atoms with van der Waals surface area (Å²) in [4.78, 5) is 30.0. The van der Waals surface area contributed by atoms with Gasteiger partial charge in [0.2, 0.25) is 11.8 Å². The third kappa shape index (κ3) is 8.21. The van der Waals surface area contributed by atoms with Crippen molar-refractivity contribution in [3.63, 3.8) is 0 Å². The summed E-state index contributed by atoms with van der Waals surface area (Å²) in [5.74, 6) is -0.557. The summed E-state index contributed by atoms with van der Waals surface area (Å²) in [5, 5.41) is 3.73. The van der Waals surface area contributed by atoms with Crippen molar-refractivity contribution in [2.75, 3.05) is 23.7 Å². The summed E-state index contributed by atoms with van der Waals surface area (Å²) < 4.78 is 35.2. The zero-order valence-electron chi connectivity index (χ0n) is 25.0. The van der Waals surface area contributed by atoms with Gasteiger partial charge in [-0.3, -0.25) is 13.9 Å². The molecule has 1 aliphatic carbocycles. The molecule has 0 saturated heterocycles. The fourth-order valence-electron chi connectivity index (χ4n) is 5.14. The zero-order chi connectivity index (χ0) is 31.9. The van der Waals surface area contributed by atoms with Crippen molar-refractivity contribution in [2.45, 2.75) is 68.0 Å². The summed E-state index contributed by atoms with van der Waals surface area (Å²) in [6.45, 7) is 3.18. The maximum absolute atomic E-state index is 14.3. The van der Waals surface area contributed by atoms with Crippen LogP contribution in [0.15, 0.2) is 76.5 Å². The Balaban J connectivity index is 1.74. The van der Waals surface area contributed by atoms with Crippen molar-refractivity contribution in [1.29, 1.82) is 0 Å². The molecule has 236 valence electrons. The Hall–Kier alpha value is -2.92. The highest BCUT2D eigenvalue weighted by atomic mass is 35.5. The molecule has 3 aromatic carbocycles. The first-order valence-electron chi connectivity index (χ1n) is 14.5. The fourth-order valence-corrected chi connectivity index (χ4v) is 7.29. The van der Waals surface area contributed by atoms with E-state index in [1.807, 2.05) is 6.26 Å². The standard InChI is InChI=1S/C32H37Cl2N3O5S2/c1-4-42-30-12-8-7-11-29(30)37(44(40,41)26-16-14-25(43-3)15-17-26)21-31(38)36(20-23-13-18-27(33)28(34)19-23)22(2)32(39)35-24-9-5-6-10-24/h7-8,11-19,22,24H,4-6,9-10,20-21H2,1-3H3,(H,35,39)/t22-/m1/s1. The van der Waals surface area contributed by atoms with E-state index in [-0.39, 0.29) is 29.1 Å². The predicted octanol–water partition coefficient (Wildman–Crippen LogP) is 6.79. The van der Waals surface area contributed by atoms with E-state index in [4.69, 9.17) is 27.9 Å². The molecule has 12 heteroatoms. The lowest BCUT2D eigenvalue weighted by atomic mass is 10.1. The number of rotatable bonds is 13. The number of nitrogens with one attached hydrogen (secondary N) is 1. The number of halogens is 2. The van der Waals surface area contributed by atoms with Crippen LogP contribution >= 0.6 is 35.0 Å². The highest BCUT2D eigenvalue weighted by Crippen LogP contribution is 2.33. The van der Waals surface area contributed by atoms with Crippen molar-refractivity contribution < 1.29 is 22.7 Å². The number of para-hydroxylation sites is 2. The van der Waals surface area contributed by atoms with Gasteiger partial charge in [-0.25, -0.2) is 8.42 Å². The molecular weight excluding hydrogens is 641 g/mol. The van der Waals surface area contributed by atoms with Crippen LogP contribution in [0.25, 0.3) is 0 Å². The summed E-state index contributed by atoms with van der Waals surface area (Å²) in [6.07, 6.45) is 5.74. The number of sulfonamides is 1. The van der Waals surface area contributed by atoms with Crippen LogP contribution in [0.3, 0.4) is 0 Å². The number of hydrogen-bond acceptors (Lipinski definition) is 6. The van der Waals surface area contributed by atoms with E-state index < -0.39 is 28.5 Å². The topological polar surface area (TPSA) is 96.0 Å². The molecule has 0 heterocycles. The van der Waals surface area contributed by atoms with E-state index in [1.54, 1.807) is 68.4 Å². The molecule has 1 aliphatic rings. The molecule has 1 atom stereocenters. The van der Waals surface area contributed by atoms with E-state index in [0.29, 0.717) is 28.0 Å². The number of thioether (sulfide) groups is 1. The lowest BCUT2D eigenvalue weighted by Gasteiger charge is -2.33. The first kappa shape index (κ1) is 34.0. The Morgan fingerprint density at radius 3 is 2.34 bits per heavy atom. The van der Waals surface area contributed by atoms with Crippen LogP contribution < -0.4 is 14.4 Å². The first-order valence-corrected chi connectivity index (χ1v) is 17.9. The second-order valence-corrected chi connectivity index (χ2v) is 14.1. The highest BCUT2D eigenvalue weighted by molar-refractivity contribution is 7.98. The van der Waals surface area contributed by atoms with Gasteiger partial charge in [0.15, 0.2) is 0 Å². The molecule has 3 aromatic rings. The van der Waals surface area contributed by atoms with Gasteiger partial charge in [-0.05, 0) is 87.0 Å². The average molecular weight is 679 g/mol. The number of amides is 2. The van der Waals surface area contributed by atoms with Gasteiger partial charge in [-0.15, -0.1) is 11.8 Å². The number of anilines is 1. The quantitative estimate of drug-likeness (QED) is 0.200. The second-order valence-electron chi connectivity index (χ2n) is 10.5. The van der Waals surface area contributed by atoms with Gasteiger partial charge in [0.05, 0.1) is 27.2 Å². The summed E-state index contributed by atoms with van der Waals surface area (Å²) in [6, 6.07) is 17.3. The molecule has 1 fully saturated rings. The van der Waals surface area contributed by atoms with E-state index in [2.05, 4.69) is 5.32 Å². The molecule has 4 rings (SSSR count). The third-order valence-corrected chi connectivity index (χ3v) is 10.8. The Labute approximate surface area is 274 Å². The highest BCUT2D eigenvalue weighted by Gasteiger charge is 2.34. The number of carbonyl (C=O) groups is 2. The molecule has 0 spiro atoms. The Bertz CT molecular complexity index is 1560. The molecule has 0 bridgehead atoms. The second kappa shape index (κ2) is 15.4. The van der Waals surface area contributed by atoms with Gasteiger partial charge in [0.25, 0.3) is 10.0 Å². The lowest BCUT2D eigenvalue weighted by molar-refractivity contribution is -0.139. The molecule has 2 amide bonds. The number of hydrogen-bond donors (Lipinski definition) is 1. The van der Waals surface area contributed by atoms with Gasteiger partial charge in [-0.1, -0.05) is 54.2 Å². The van der Waals surface area contributed by atoms with Crippen molar-refractivity contribution in [1.82, 2.24) is 10.2 Å². The third-order valence-electron chi connectivity index (χ3n) is 7.57. The molecule has 1 N–H and O–H groups in total. The Kier molecular flexibility index (Phi) is 11.9. The number of nitrogens with zero attached hydrogens (tertiary/aromatic N) is 2. The van der Waals surface area contributed by atoms with E-state index in [0.717, 1.165) is 34.9 Å². The van der Waals surface area contributed by atoms with Gasteiger partial charge in [0.1, 0.15) is 18.3 Å². The molecule has 0 aromatic heterocycles. The molecule has 1 saturated carbocycles. The van der Waals surface area contributed by atoms with Crippen LogP contribution in [0.1, 0.15) is 45.1 Å². The monoisotopic (exact) mass is 677 g/mol.